The Kier molecular flexibility index (Phi) is 10.0. The van der Waals surface area contributed by atoms with Crippen LogP contribution >= 0.6 is 0 Å². The van der Waals surface area contributed by atoms with Crippen LogP contribution in [0.25, 0.3) is 0 Å². The van der Waals surface area contributed by atoms with Crippen molar-refractivity contribution in [3.8, 4) is 0 Å². The maximum absolute atomic E-state index is 13.1. The van der Waals surface area contributed by atoms with Crippen LogP contribution in [0, 0.1) is 5.92 Å². The fraction of sp³-hybridized carbons (Fsp3) is 0.690. The van der Waals surface area contributed by atoms with E-state index in [1.807, 2.05) is 0 Å². The molecule has 1 saturated heterocycles. The number of alkyl halides is 3. The number of halogens is 3. The fourth-order valence-corrected chi connectivity index (χ4v) is 6.25. The first-order chi connectivity index (χ1) is 18.7. The first-order valence-corrected chi connectivity index (χ1v) is 14.5. The summed E-state index contributed by atoms with van der Waals surface area (Å²) >= 11 is 0. The smallest absolute Gasteiger partial charge is 0.312 e. The number of rotatable bonds is 10. The molecule has 0 atom stereocenters. The van der Waals surface area contributed by atoms with Gasteiger partial charge in [0.2, 0.25) is 5.91 Å². The summed E-state index contributed by atoms with van der Waals surface area (Å²) in [4.78, 5) is 46.0. The fourth-order valence-electron chi connectivity index (χ4n) is 6.25. The van der Waals surface area contributed by atoms with Crippen LogP contribution in [0.1, 0.15) is 81.0 Å². The summed E-state index contributed by atoms with van der Waals surface area (Å²) in [6.07, 6.45) is 5.10. The summed E-state index contributed by atoms with van der Waals surface area (Å²) in [5, 5.41) is 0. The number of amides is 1. The van der Waals surface area contributed by atoms with E-state index in [0.717, 1.165) is 18.9 Å². The summed E-state index contributed by atoms with van der Waals surface area (Å²) in [5.41, 5.74) is 1.10. The SMILES string of the molecule is O=C1CCC(=O)N(CCCC[N+]2(OC(=O)C(F)(F)F)CCN(CCCC3CCCCC3)CC2)c2ccccc21. The number of para-hydroxylation sites is 1. The van der Waals surface area contributed by atoms with E-state index in [1.165, 1.54) is 38.5 Å². The van der Waals surface area contributed by atoms with Gasteiger partial charge >= 0.3 is 12.1 Å². The number of hydrogen-bond acceptors (Lipinski definition) is 5. The zero-order valence-electron chi connectivity index (χ0n) is 22.7. The second kappa shape index (κ2) is 13.3. The lowest BCUT2D eigenvalue weighted by Gasteiger charge is -2.41. The van der Waals surface area contributed by atoms with Gasteiger partial charge < -0.3 is 4.90 Å². The molecule has 1 aromatic carbocycles. The van der Waals surface area contributed by atoms with Gasteiger partial charge in [0.25, 0.3) is 0 Å². The van der Waals surface area contributed by atoms with Crippen molar-refractivity contribution in [3.05, 3.63) is 29.8 Å². The van der Waals surface area contributed by atoms with Gasteiger partial charge in [0, 0.05) is 31.4 Å². The molecule has 0 unspecified atom stereocenters. The van der Waals surface area contributed by atoms with E-state index in [1.54, 1.807) is 29.2 Å². The molecule has 0 radical (unpaired) electrons. The van der Waals surface area contributed by atoms with Crippen molar-refractivity contribution in [1.82, 2.24) is 4.90 Å². The highest BCUT2D eigenvalue weighted by Crippen LogP contribution is 2.29. The summed E-state index contributed by atoms with van der Waals surface area (Å²) < 4.78 is 39.0. The van der Waals surface area contributed by atoms with Gasteiger partial charge in [-0.1, -0.05) is 44.2 Å². The van der Waals surface area contributed by atoms with E-state index in [2.05, 4.69) is 4.90 Å². The number of carbonyl (C=O) groups is 3. The van der Waals surface area contributed by atoms with Crippen molar-refractivity contribution in [2.75, 3.05) is 50.7 Å². The van der Waals surface area contributed by atoms with Crippen molar-refractivity contribution in [2.24, 2.45) is 5.92 Å². The Balaban J connectivity index is 1.31. The zero-order chi connectivity index (χ0) is 27.9. The van der Waals surface area contributed by atoms with Gasteiger partial charge in [0.15, 0.2) is 5.78 Å². The second-order valence-electron chi connectivity index (χ2n) is 11.3. The molecule has 4 rings (SSSR count). The Morgan fingerprint density at radius 1 is 0.949 bits per heavy atom. The quantitative estimate of drug-likeness (QED) is 0.292. The number of ketones is 1. The third-order valence-corrected chi connectivity index (χ3v) is 8.53. The predicted octanol–water partition coefficient (Wildman–Crippen LogP) is 5.29. The molecule has 1 aliphatic carbocycles. The molecular weight excluding hydrogens is 511 g/mol. The van der Waals surface area contributed by atoms with E-state index in [-0.39, 0.29) is 35.7 Å². The molecule has 10 heteroatoms. The predicted molar refractivity (Wildman–Crippen MR) is 141 cm³/mol. The minimum atomic E-state index is -5.04. The maximum Gasteiger partial charge on any atom is 0.497 e. The highest BCUT2D eigenvalue weighted by Gasteiger charge is 2.48. The zero-order valence-corrected chi connectivity index (χ0v) is 22.7. The Morgan fingerprint density at radius 3 is 2.38 bits per heavy atom. The average Bonchev–Trinajstić information content (AvgIpc) is 3.04. The number of hydroxylamine groups is 3. The van der Waals surface area contributed by atoms with E-state index >= 15 is 0 Å². The van der Waals surface area contributed by atoms with Gasteiger partial charge in [-0.2, -0.15) is 13.2 Å². The van der Waals surface area contributed by atoms with Crippen molar-refractivity contribution in [1.29, 1.82) is 0 Å². The standard InChI is InChI=1S/C29H41F3N3O4/c30-29(31,32)28(38)39-35(21-18-33(19-22-35)16-8-11-23-9-2-1-3-10-23)20-7-6-17-34-25-13-5-4-12-24(25)26(36)14-15-27(34)37/h4-5,12-13,23H,1-3,6-11,14-22H2/q+1. The molecule has 1 amide bonds. The van der Waals surface area contributed by atoms with E-state index in [4.69, 9.17) is 4.84 Å². The third-order valence-electron chi connectivity index (χ3n) is 8.53. The molecule has 0 aromatic heterocycles. The minimum Gasteiger partial charge on any atom is -0.312 e. The Morgan fingerprint density at radius 2 is 1.67 bits per heavy atom. The summed E-state index contributed by atoms with van der Waals surface area (Å²) in [7, 11) is 0. The molecule has 39 heavy (non-hydrogen) atoms. The van der Waals surface area contributed by atoms with Crippen LogP contribution < -0.4 is 4.90 Å². The monoisotopic (exact) mass is 552 g/mol. The van der Waals surface area contributed by atoms with Gasteiger partial charge in [-0.05, 0) is 43.9 Å². The van der Waals surface area contributed by atoms with E-state index in [0.29, 0.717) is 56.8 Å². The number of carbonyl (C=O) groups excluding carboxylic acids is 3. The molecule has 1 saturated carbocycles. The largest absolute Gasteiger partial charge is 0.497 e. The summed E-state index contributed by atoms with van der Waals surface area (Å²) in [5.74, 6) is -1.56. The molecular formula is C29H41F3N3O4+. The van der Waals surface area contributed by atoms with Crippen LogP contribution in [-0.2, 0) is 14.4 Å². The van der Waals surface area contributed by atoms with Gasteiger partial charge in [-0.3, -0.25) is 19.3 Å². The molecule has 0 N–H and O–H groups in total. The number of unbranched alkanes of at least 4 members (excludes halogenated alkanes) is 1. The average molecular weight is 553 g/mol. The normalized spacial score (nSPS) is 20.9. The highest BCUT2D eigenvalue weighted by molar-refractivity contribution is 6.10. The van der Waals surface area contributed by atoms with Crippen LogP contribution in [-0.4, -0.2) is 79.2 Å². The molecule has 2 aliphatic heterocycles. The lowest BCUT2D eigenvalue weighted by atomic mass is 9.86. The molecule has 0 spiro atoms. The van der Waals surface area contributed by atoms with Crippen LogP contribution in [0.15, 0.2) is 24.3 Å². The number of nitrogens with zero attached hydrogens (tertiary/aromatic N) is 3. The molecule has 3 aliphatic rings. The molecule has 0 bridgehead atoms. The van der Waals surface area contributed by atoms with Crippen LogP contribution in [0.3, 0.4) is 0 Å². The van der Waals surface area contributed by atoms with Gasteiger partial charge in [-0.15, -0.1) is 4.65 Å². The number of piperazine rings is 1. The van der Waals surface area contributed by atoms with Gasteiger partial charge in [0.1, 0.15) is 19.6 Å². The van der Waals surface area contributed by atoms with Crippen molar-refractivity contribution in [3.63, 3.8) is 0 Å². The molecule has 7 nitrogen and oxygen atoms in total. The summed E-state index contributed by atoms with van der Waals surface area (Å²) in [6.45, 7) is 3.30. The van der Waals surface area contributed by atoms with Crippen molar-refractivity contribution < 1.29 is 37.0 Å². The minimum absolute atomic E-state index is 0.0679. The van der Waals surface area contributed by atoms with Crippen LogP contribution in [0.5, 0.6) is 0 Å². The van der Waals surface area contributed by atoms with Crippen LogP contribution in [0.2, 0.25) is 0 Å². The molecule has 2 heterocycles. The Labute approximate surface area is 228 Å². The molecule has 2 fully saturated rings. The number of hydrogen-bond donors (Lipinski definition) is 0. The first kappa shape index (κ1) is 29.5. The van der Waals surface area contributed by atoms with Crippen molar-refractivity contribution >= 4 is 23.3 Å². The van der Waals surface area contributed by atoms with Gasteiger partial charge in [-0.25, -0.2) is 4.79 Å². The number of quaternary nitrogens is 1. The number of fused-ring (bicyclic) bond motifs is 1. The van der Waals surface area contributed by atoms with Crippen molar-refractivity contribution in [2.45, 2.75) is 76.8 Å². The third kappa shape index (κ3) is 8.03. The van der Waals surface area contributed by atoms with E-state index in [9.17, 15) is 27.6 Å². The molecule has 216 valence electrons. The van der Waals surface area contributed by atoms with Gasteiger partial charge in [0.05, 0.1) is 18.8 Å². The molecule has 1 aromatic rings. The van der Waals surface area contributed by atoms with Crippen LogP contribution in [0.4, 0.5) is 18.9 Å². The Hall–Kier alpha value is -2.46. The Bertz CT molecular complexity index is 1000. The number of benzene rings is 1. The summed E-state index contributed by atoms with van der Waals surface area (Å²) in [6, 6.07) is 7.02. The number of anilines is 1. The lowest BCUT2D eigenvalue weighted by molar-refractivity contribution is -1.09. The first-order valence-electron chi connectivity index (χ1n) is 14.5. The topological polar surface area (TPSA) is 66.9 Å². The lowest BCUT2D eigenvalue weighted by Crippen LogP contribution is -2.61. The second-order valence-corrected chi connectivity index (χ2v) is 11.3. The maximum atomic E-state index is 13.1. The highest BCUT2D eigenvalue weighted by atomic mass is 19.4. The van der Waals surface area contributed by atoms with E-state index < -0.39 is 12.1 Å². The number of Topliss-reactive ketones (excluding diaryl/α,β-unsaturated/α-hetero) is 1.